The maximum Gasteiger partial charge on any atom is 0.337 e. The predicted octanol–water partition coefficient (Wildman–Crippen LogP) is 3.43. The maximum absolute atomic E-state index is 11.3. The molecule has 0 spiro atoms. The van der Waals surface area contributed by atoms with Gasteiger partial charge in [-0.3, -0.25) is 4.98 Å². The number of rotatable bonds is 2. The Labute approximate surface area is 120 Å². The van der Waals surface area contributed by atoms with Crippen molar-refractivity contribution in [1.29, 1.82) is 0 Å². The smallest absolute Gasteiger partial charge is 0.337 e. The Bertz CT molecular complexity index is 480. The molecule has 4 nitrogen and oxygen atoms in total. The summed E-state index contributed by atoms with van der Waals surface area (Å²) >= 11 is 0. The van der Waals surface area contributed by atoms with Gasteiger partial charge in [0.25, 0.3) is 0 Å². The molecule has 1 aliphatic rings. The van der Waals surface area contributed by atoms with Gasteiger partial charge < -0.3 is 10.0 Å². The quantitative estimate of drug-likeness (QED) is 0.899. The zero-order valence-electron chi connectivity index (χ0n) is 12.6. The van der Waals surface area contributed by atoms with Gasteiger partial charge in [-0.05, 0) is 36.7 Å². The topological polar surface area (TPSA) is 53.4 Å². The molecule has 1 atom stereocenters. The van der Waals surface area contributed by atoms with Crippen molar-refractivity contribution in [2.75, 3.05) is 18.0 Å². The summed E-state index contributed by atoms with van der Waals surface area (Å²) < 4.78 is 0. The molecule has 0 bridgehead atoms. The van der Waals surface area contributed by atoms with Crippen molar-refractivity contribution >= 4 is 11.7 Å². The van der Waals surface area contributed by atoms with E-state index < -0.39 is 5.97 Å². The van der Waals surface area contributed by atoms with Crippen LogP contribution in [-0.4, -0.2) is 29.1 Å². The Hall–Kier alpha value is -1.58. The summed E-state index contributed by atoms with van der Waals surface area (Å²) in [7, 11) is 0. The summed E-state index contributed by atoms with van der Waals surface area (Å²) in [5.41, 5.74) is 1.43. The van der Waals surface area contributed by atoms with Crippen LogP contribution < -0.4 is 4.90 Å². The molecule has 1 unspecified atom stereocenters. The van der Waals surface area contributed by atoms with Crippen LogP contribution in [0.4, 0.5) is 5.69 Å². The minimum absolute atomic E-state index is 0.320. The zero-order chi connectivity index (χ0) is 14.8. The Balaban J connectivity index is 2.17. The second kappa shape index (κ2) is 5.81. The molecule has 110 valence electrons. The standard InChI is InChI=1S/C16H24N2O2/c1-16(2,3)12-5-4-9-18(10-7-12)14-11-17-8-6-13(14)15(19)20/h6,8,11-12H,4-5,7,9-10H2,1-3H3,(H,19,20). The number of nitrogens with zero attached hydrogens (tertiary/aromatic N) is 2. The summed E-state index contributed by atoms with van der Waals surface area (Å²) in [6.07, 6.45) is 6.65. The van der Waals surface area contributed by atoms with Gasteiger partial charge in [0.05, 0.1) is 17.4 Å². The number of hydrogen-bond donors (Lipinski definition) is 1. The van der Waals surface area contributed by atoms with E-state index in [1.165, 1.54) is 6.42 Å². The van der Waals surface area contributed by atoms with E-state index >= 15 is 0 Å². The number of hydrogen-bond acceptors (Lipinski definition) is 3. The first-order chi connectivity index (χ1) is 9.39. The normalized spacial score (nSPS) is 20.6. The fourth-order valence-electron chi connectivity index (χ4n) is 3.02. The highest BCUT2D eigenvalue weighted by Gasteiger charge is 2.28. The van der Waals surface area contributed by atoms with Crippen LogP contribution in [0.15, 0.2) is 18.5 Å². The Morgan fingerprint density at radius 1 is 1.35 bits per heavy atom. The molecule has 1 aromatic rings. The molecule has 0 saturated carbocycles. The predicted molar refractivity (Wildman–Crippen MR) is 80.2 cm³/mol. The van der Waals surface area contributed by atoms with Gasteiger partial charge >= 0.3 is 5.97 Å². The van der Waals surface area contributed by atoms with Crippen molar-refractivity contribution in [2.45, 2.75) is 40.0 Å². The summed E-state index contributed by atoms with van der Waals surface area (Å²) in [5.74, 6) is -0.184. The fourth-order valence-corrected chi connectivity index (χ4v) is 3.02. The molecule has 0 aliphatic carbocycles. The lowest BCUT2D eigenvalue weighted by Crippen LogP contribution is -2.27. The molecule has 0 amide bonds. The van der Waals surface area contributed by atoms with E-state index in [9.17, 15) is 9.90 Å². The minimum atomic E-state index is -0.876. The van der Waals surface area contributed by atoms with Crippen molar-refractivity contribution < 1.29 is 9.90 Å². The third kappa shape index (κ3) is 3.30. The Morgan fingerprint density at radius 2 is 2.10 bits per heavy atom. The first-order valence-electron chi connectivity index (χ1n) is 7.32. The number of anilines is 1. The van der Waals surface area contributed by atoms with Gasteiger partial charge in [0.2, 0.25) is 0 Å². The molecule has 0 radical (unpaired) electrons. The third-order valence-corrected chi connectivity index (χ3v) is 4.32. The molecular weight excluding hydrogens is 252 g/mol. The van der Waals surface area contributed by atoms with Crippen LogP contribution in [0.5, 0.6) is 0 Å². The van der Waals surface area contributed by atoms with Crippen molar-refractivity contribution in [3.05, 3.63) is 24.0 Å². The molecular formula is C16H24N2O2. The van der Waals surface area contributed by atoms with Gasteiger partial charge in [0.1, 0.15) is 0 Å². The number of pyridine rings is 1. The summed E-state index contributed by atoms with van der Waals surface area (Å²) in [4.78, 5) is 17.6. The van der Waals surface area contributed by atoms with E-state index in [4.69, 9.17) is 0 Å². The molecule has 2 heterocycles. The van der Waals surface area contributed by atoms with Gasteiger partial charge in [0, 0.05) is 19.3 Å². The molecule has 1 aliphatic heterocycles. The average molecular weight is 276 g/mol. The van der Waals surface area contributed by atoms with Crippen molar-refractivity contribution in [2.24, 2.45) is 11.3 Å². The van der Waals surface area contributed by atoms with E-state index in [0.29, 0.717) is 16.9 Å². The summed E-state index contributed by atoms with van der Waals surface area (Å²) in [6.45, 7) is 8.70. The second-order valence-corrected chi connectivity index (χ2v) is 6.68. The lowest BCUT2D eigenvalue weighted by molar-refractivity contribution is 0.0697. The SMILES string of the molecule is CC(C)(C)C1CCCN(c2cnccc2C(=O)O)CC1. The van der Waals surface area contributed by atoms with Crippen molar-refractivity contribution in [3.8, 4) is 0 Å². The van der Waals surface area contributed by atoms with Gasteiger partial charge in [-0.15, -0.1) is 0 Å². The summed E-state index contributed by atoms with van der Waals surface area (Å²) in [6, 6.07) is 1.59. The molecule has 1 N–H and O–H groups in total. The highest BCUT2D eigenvalue weighted by molar-refractivity contribution is 5.94. The van der Waals surface area contributed by atoms with Crippen LogP contribution in [0, 0.1) is 11.3 Å². The van der Waals surface area contributed by atoms with E-state index in [0.717, 1.165) is 31.6 Å². The molecule has 0 aromatic carbocycles. The molecule has 20 heavy (non-hydrogen) atoms. The first kappa shape index (κ1) is 14.8. The molecule has 1 saturated heterocycles. The van der Waals surface area contributed by atoms with Crippen LogP contribution in [0.2, 0.25) is 0 Å². The molecule has 1 aromatic heterocycles. The Morgan fingerprint density at radius 3 is 2.75 bits per heavy atom. The highest BCUT2D eigenvalue weighted by Crippen LogP contribution is 2.35. The lowest BCUT2D eigenvalue weighted by atomic mass is 9.77. The monoisotopic (exact) mass is 276 g/mol. The number of carbonyl (C=O) groups is 1. The zero-order valence-corrected chi connectivity index (χ0v) is 12.6. The van der Waals surface area contributed by atoms with Crippen LogP contribution in [0.1, 0.15) is 50.4 Å². The van der Waals surface area contributed by atoms with E-state index in [2.05, 4.69) is 30.7 Å². The van der Waals surface area contributed by atoms with Crippen LogP contribution in [0.25, 0.3) is 0 Å². The highest BCUT2D eigenvalue weighted by atomic mass is 16.4. The lowest BCUT2D eigenvalue weighted by Gasteiger charge is -2.30. The molecule has 2 rings (SSSR count). The largest absolute Gasteiger partial charge is 0.478 e. The number of aromatic nitrogens is 1. The molecule has 1 fully saturated rings. The van der Waals surface area contributed by atoms with Crippen molar-refractivity contribution in [1.82, 2.24) is 4.98 Å². The van der Waals surface area contributed by atoms with E-state index in [1.54, 1.807) is 18.5 Å². The van der Waals surface area contributed by atoms with E-state index in [-0.39, 0.29) is 0 Å². The van der Waals surface area contributed by atoms with Crippen LogP contribution in [-0.2, 0) is 0 Å². The van der Waals surface area contributed by atoms with E-state index in [1.807, 2.05) is 0 Å². The fraction of sp³-hybridized carbons (Fsp3) is 0.625. The van der Waals surface area contributed by atoms with Crippen LogP contribution in [0.3, 0.4) is 0 Å². The number of aromatic carboxylic acids is 1. The van der Waals surface area contributed by atoms with Crippen molar-refractivity contribution in [3.63, 3.8) is 0 Å². The van der Waals surface area contributed by atoms with Gasteiger partial charge in [0.15, 0.2) is 0 Å². The second-order valence-electron chi connectivity index (χ2n) is 6.68. The van der Waals surface area contributed by atoms with Gasteiger partial charge in [-0.25, -0.2) is 4.79 Å². The Kier molecular flexibility index (Phi) is 4.31. The minimum Gasteiger partial charge on any atom is -0.478 e. The average Bonchev–Trinajstić information content (AvgIpc) is 2.63. The number of carboxylic acid groups (broad SMARTS) is 1. The maximum atomic E-state index is 11.3. The molecule has 4 heteroatoms. The van der Waals surface area contributed by atoms with Crippen LogP contribution >= 0.6 is 0 Å². The first-order valence-corrected chi connectivity index (χ1v) is 7.32. The summed E-state index contributed by atoms with van der Waals surface area (Å²) in [5, 5.41) is 9.29. The van der Waals surface area contributed by atoms with Gasteiger partial charge in [-0.1, -0.05) is 20.8 Å². The van der Waals surface area contributed by atoms with Gasteiger partial charge in [-0.2, -0.15) is 0 Å². The third-order valence-electron chi connectivity index (χ3n) is 4.32. The number of carboxylic acids is 1.